The van der Waals surface area contributed by atoms with Crippen LogP contribution >= 0.6 is 23.2 Å². The van der Waals surface area contributed by atoms with E-state index in [-0.39, 0.29) is 0 Å². The molecular formula is C25H26Cl2N2O. The third kappa shape index (κ3) is 5.15. The molecular weight excluding hydrogens is 415 g/mol. The number of aryl methyl sites for hydroxylation is 1. The summed E-state index contributed by atoms with van der Waals surface area (Å²) in [6, 6.07) is 21.0. The Morgan fingerprint density at radius 2 is 1.67 bits per heavy atom. The van der Waals surface area contributed by atoms with Crippen LogP contribution in [0.2, 0.25) is 10.0 Å². The summed E-state index contributed by atoms with van der Waals surface area (Å²) in [5.41, 5.74) is 2.49. The van der Waals surface area contributed by atoms with Gasteiger partial charge in [-0.1, -0.05) is 71.7 Å². The highest BCUT2D eigenvalue weighted by Gasteiger charge is 2.22. The largest absolute Gasteiger partial charge is 0.343 e. The summed E-state index contributed by atoms with van der Waals surface area (Å²) in [5.74, 6) is 0.309. The average molecular weight is 441 g/mol. The van der Waals surface area contributed by atoms with E-state index in [1.165, 1.54) is 16.3 Å². The maximum atomic E-state index is 11.0. The van der Waals surface area contributed by atoms with Crippen LogP contribution in [-0.4, -0.2) is 48.9 Å². The number of hydrogen-bond donors (Lipinski definition) is 0. The van der Waals surface area contributed by atoms with Gasteiger partial charge >= 0.3 is 0 Å². The lowest BCUT2D eigenvalue weighted by Gasteiger charge is -2.35. The Morgan fingerprint density at radius 1 is 0.900 bits per heavy atom. The number of carbonyl (C=O) groups excluding carboxylic acids is 1. The van der Waals surface area contributed by atoms with Gasteiger partial charge in [0.1, 0.15) is 0 Å². The molecule has 156 valence electrons. The predicted molar refractivity (Wildman–Crippen MR) is 126 cm³/mol. The zero-order valence-corrected chi connectivity index (χ0v) is 18.4. The molecule has 3 aromatic rings. The summed E-state index contributed by atoms with van der Waals surface area (Å²) in [5, 5.41) is 3.95. The van der Waals surface area contributed by atoms with Gasteiger partial charge in [0.05, 0.1) is 0 Å². The molecule has 0 saturated carbocycles. The number of rotatable bonds is 7. The van der Waals surface area contributed by atoms with E-state index in [1.54, 1.807) is 0 Å². The van der Waals surface area contributed by atoms with E-state index in [1.807, 2.05) is 17.0 Å². The monoisotopic (exact) mass is 440 g/mol. The highest BCUT2D eigenvalue weighted by Crippen LogP contribution is 2.32. The number of amides is 1. The molecule has 0 N–H and O–H groups in total. The summed E-state index contributed by atoms with van der Waals surface area (Å²) in [4.78, 5) is 15.3. The quantitative estimate of drug-likeness (QED) is 0.443. The molecule has 3 aromatic carbocycles. The fourth-order valence-corrected chi connectivity index (χ4v) is 4.84. The first-order valence-corrected chi connectivity index (χ1v) is 11.2. The summed E-state index contributed by atoms with van der Waals surface area (Å²) in [6.07, 6.45) is 2.95. The second-order valence-corrected chi connectivity index (χ2v) is 8.87. The smallest absolute Gasteiger partial charge is 0.209 e. The molecule has 0 aliphatic carbocycles. The van der Waals surface area contributed by atoms with E-state index in [2.05, 4.69) is 53.4 Å². The van der Waals surface area contributed by atoms with Crippen LogP contribution in [0.25, 0.3) is 10.8 Å². The number of hydrogen-bond acceptors (Lipinski definition) is 2. The predicted octanol–water partition coefficient (Wildman–Crippen LogP) is 5.64. The van der Waals surface area contributed by atoms with Crippen LogP contribution in [0.1, 0.15) is 23.5 Å². The topological polar surface area (TPSA) is 23.6 Å². The van der Waals surface area contributed by atoms with Gasteiger partial charge in [0.15, 0.2) is 0 Å². The van der Waals surface area contributed by atoms with Crippen molar-refractivity contribution in [3.05, 3.63) is 81.8 Å². The molecule has 1 aliphatic rings. The van der Waals surface area contributed by atoms with Crippen molar-refractivity contribution in [3.63, 3.8) is 0 Å². The molecule has 3 nitrogen and oxygen atoms in total. The highest BCUT2D eigenvalue weighted by atomic mass is 35.5. The summed E-state index contributed by atoms with van der Waals surface area (Å²) < 4.78 is 0. The summed E-state index contributed by atoms with van der Waals surface area (Å²) in [7, 11) is 0. The van der Waals surface area contributed by atoms with Gasteiger partial charge in [-0.05, 0) is 52.8 Å². The molecule has 0 bridgehead atoms. The van der Waals surface area contributed by atoms with Crippen molar-refractivity contribution in [2.24, 2.45) is 0 Å². The molecule has 1 aliphatic heterocycles. The van der Waals surface area contributed by atoms with Gasteiger partial charge < -0.3 is 4.90 Å². The van der Waals surface area contributed by atoms with Gasteiger partial charge in [-0.15, -0.1) is 0 Å². The van der Waals surface area contributed by atoms with Crippen LogP contribution in [0, 0.1) is 0 Å². The molecule has 0 radical (unpaired) electrons. The Hall–Kier alpha value is -2.07. The number of benzene rings is 3. The maximum absolute atomic E-state index is 11.0. The fourth-order valence-electron chi connectivity index (χ4n) is 4.28. The minimum Gasteiger partial charge on any atom is -0.343 e. The highest BCUT2D eigenvalue weighted by molar-refractivity contribution is 6.35. The summed E-state index contributed by atoms with van der Waals surface area (Å²) >= 11 is 12.7. The van der Waals surface area contributed by atoms with Crippen LogP contribution in [0.4, 0.5) is 0 Å². The first-order chi connectivity index (χ1) is 14.6. The molecule has 1 amide bonds. The molecule has 1 unspecified atom stereocenters. The first kappa shape index (κ1) is 21.2. The fraction of sp³-hybridized carbons (Fsp3) is 0.320. The van der Waals surface area contributed by atoms with Crippen molar-refractivity contribution in [1.29, 1.82) is 0 Å². The molecule has 30 heavy (non-hydrogen) atoms. The first-order valence-electron chi connectivity index (χ1n) is 10.5. The van der Waals surface area contributed by atoms with E-state index >= 15 is 0 Å². The SMILES string of the molecule is O=CN1CCN(CC(CCc2ccc3ccccc3c2)c2ccc(Cl)cc2Cl)CC1. The Balaban J connectivity index is 1.51. The Kier molecular flexibility index (Phi) is 6.93. The lowest BCUT2D eigenvalue weighted by molar-refractivity contribution is -0.119. The van der Waals surface area contributed by atoms with Crippen molar-refractivity contribution >= 4 is 40.4 Å². The number of piperazine rings is 1. The lowest BCUT2D eigenvalue weighted by Crippen LogP contribution is -2.46. The normalized spacial score (nSPS) is 16.0. The van der Waals surface area contributed by atoms with Gasteiger partial charge in [-0.3, -0.25) is 9.69 Å². The average Bonchev–Trinajstić information content (AvgIpc) is 2.77. The molecule has 1 atom stereocenters. The van der Waals surface area contributed by atoms with Gasteiger partial charge in [-0.2, -0.15) is 0 Å². The third-order valence-corrected chi connectivity index (χ3v) is 6.59. The second kappa shape index (κ2) is 9.82. The van der Waals surface area contributed by atoms with Crippen molar-refractivity contribution in [1.82, 2.24) is 9.80 Å². The van der Waals surface area contributed by atoms with Crippen molar-refractivity contribution in [2.75, 3.05) is 32.7 Å². The number of nitrogens with zero attached hydrogens (tertiary/aromatic N) is 2. The van der Waals surface area contributed by atoms with E-state index < -0.39 is 0 Å². The summed E-state index contributed by atoms with van der Waals surface area (Å²) in [6.45, 7) is 4.30. The van der Waals surface area contributed by atoms with Crippen LogP contribution < -0.4 is 0 Å². The molecule has 1 heterocycles. The Labute approximate surface area is 188 Å². The standard InChI is InChI=1S/C25H26Cl2N2O/c26-23-9-10-24(25(27)16-23)22(17-28-11-13-29(18-30)14-12-28)8-6-19-5-7-20-3-1-2-4-21(20)15-19/h1-5,7,9-10,15-16,18,22H,6,8,11-14,17H2. The van der Waals surface area contributed by atoms with Crippen LogP contribution in [0.15, 0.2) is 60.7 Å². The maximum Gasteiger partial charge on any atom is 0.209 e. The molecule has 1 fully saturated rings. The van der Waals surface area contributed by atoms with Crippen LogP contribution in [0.5, 0.6) is 0 Å². The second-order valence-electron chi connectivity index (χ2n) is 8.02. The van der Waals surface area contributed by atoms with Gasteiger partial charge in [-0.25, -0.2) is 0 Å². The zero-order valence-electron chi connectivity index (χ0n) is 16.9. The molecule has 0 spiro atoms. The van der Waals surface area contributed by atoms with E-state index in [9.17, 15) is 4.79 Å². The van der Waals surface area contributed by atoms with E-state index in [0.29, 0.717) is 10.9 Å². The minimum atomic E-state index is 0.309. The zero-order chi connectivity index (χ0) is 20.9. The van der Waals surface area contributed by atoms with Gasteiger partial charge in [0.25, 0.3) is 0 Å². The van der Waals surface area contributed by atoms with Crippen LogP contribution in [0.3, 0.4) is 0 Å². The number of carbonyl (C=O) groups is 1. The van der Waals surface area contributed by atoms with Gasteiger partial charge in [0, 0.05) is 42.8 Å². The van der Waals surface area contributed by atoms with Crippen molar-refractivity contribution < 1.29 is 4.79 Å². The molecule has 0 aromatic heterocycles. The Bertz CT molecular complexity index is 1010. The van der Waals surface area contributed by atoms with E-state index in [4.69, 9.17) is 23.2 Å². The minimum absolute atomic E-state index is 0.309. The molecule has 1 saturated heterocycles. The van der Waals surface area contributed by atoms with E-state index in [0.717, 1.165) is 62.6 Å². The number of fused-ring (bicyclic) bond motifs is 1. The van der Waals surface area contributed by atoms with Crippen molar-refractivity contribution in [3.8, 4) is 0 Å². The molecule has 5 heteroatoms. The third-order valence-electron chi connectivity index (χ3n) is 6.03. The molecule has 4 rings (SSSR count). The van der Waals surface area contributed by atoms with Crippen molar-refractivity contribution in [2.45, 2.75) is 18.8 Å². The lowest BCUT2D eigenvalue weighted by atomic mass is 9.91. The Morgan fingerprint density at radius 3 is 2.40 bits per heavy atom. The van der Waals surface area contributed by atoms with Crippen LogP contribution in [-0.2, 0) is 11.2 Å². The number of halogens is 2. The van der Waals surface area contributed by atoms with Gasteiger partial charge in [0.2, 0.25) is 6.41 Å².